The van der Waals surface area contributed by atoms with Crippen LogP contribution in [0.15, 0.2) is 22.9 Å². The molecule has 2 rings (SSSR count). The molecule has 5 nitrogen and oxygen atoms in total. The molecule has 84 valence electrons. The molecule has 2 aromatic heterocycles. The van der Waals surface area contributed by atoms with Crippen LogP contribution in [0.2, 0.25) is 0 Å². The van der Waals surface area contributed by atoms with Crippen molar-refractivity contribution in [2.75, 3.05) is 6.54 Å². The molecule has 1 amide bonds. The third-order valence-electron chi connectivity index (χ3n) is 2.05. The molecule has 0 aliphatic rings. The van der Waals surface area contributed by atoms with Gasteiger partial charge in [0.1, 0.15) is 0 Å². The van der Waals surface area contributed by atoms with Crippen LogP contribution in [0.4, 0.5) is 0 Å². The maximum Gasteiger partial charge on any atom is 0.271 e. The van der Waals surface area contributed by atoms with Crippen LogP contribution in [-0.2, 0) is 0 Å². The second-order valence-electron chi connectivity index (χ2n) is 3.36. The molecular weight excluding hydrogens is 272 g/mol. The van der Waals surface area contributed by atoms with Crippen molar-refractivity contribution in [3.63, 3.8) is 0 Å². The lowest BCUT2D eigenvalue weighted by Gasteiger charge is -1.98. The van der Waals surface area contributed by atoms with Gasteiger partial charge in [0.15, 0.2) is 11.3 Å². The minimum absolute atomic E-state index is 0.163. The Labute approximate surface area is 101 Å². The van der Waals surface area contributed by atoms with E-state index >= 15 is 0 Å². The average molecular weight is 283 g/mol. The van der Waals surface area contributed by atoms with E-state index in [0.717, 1.165) is 10.9 Å². The first-order valence-electron chi connectivity index (χ1n) is 5.00. The number of carbonyl (C=O) groups is 1. The monoisotopic (exact) mass is 282 g/mol. The van der Waals surface area contributed by atoms with Crippen LogP contribution in [0.25, 0.3) is 5.65 Å². The van der Waals surface area contributed by atoms with Gasteiger partial charge in [-0.25, -0.2) is 9.50 Å². The number of fused-ring (bicyclic) bond motifs is 1. The van der Waals surface area contributed by atoms with Crippen molar-refractivity contribution in [3.8, 4) is 0 Å². The van der Waals surface area contributed by atoms with E-state index in [1.165, 1.54) is 0 Å². The second-order valence-corrected chi connectivity index (χ2v) is 4.28. The lowest BCUT2D eigenvalue weighted by Crippen LogP contribution is -2.24. The number of rotatable bonds is 3. The van der Waals surface area contributed by atoms with E-state index < -0.39 is 0 Å². The van der Waals surface area contributed by atoms with Gasteiger partial charge in [0, 0.05) is 25.0 Å². The van der Waals surface area contributed by atoms with Gasteiger partial charge in [0.25, 0.3) is 5.91 Å². The summed E-state index contributed by atoms with van der Waals surface area (Å²) in [5.74, 6) is -0.163. The number of carbonyl (C=O) groups excluding carboxylic acids is 1. The van der Waals surface area contributed by atoms with Crippen LogP contribution in [0.3, 0.4) is 0 Å². The Bertz CT molecular complexity index is 523. The molecule has 0 bridgehead atoms. The highest BCUT2D eigenvalue weighted by molar-refractivity contribution is 9.10. The van der Waals surface area contributed by atoms with Gasteiger partial charge in [-0.05, 0) is 22.4 Å². The van der Waals surface area contributed by atoms with E-state index in [0.29, 0.717) is 17.9 Å². The minimum atomic E-state index is -0.163. The van der Waals surface area contributed by atoms with Crippen molar-refractivity contribution in [2.45, 2.75) is 13.3 Å². The van der Waals surface area contributed by atoms with E-state index in [2.05, 4.69) is 31.3 Å². The fourth-order valence-corrected chi connectivity index (χ4v) is 1.59. The van der Waals surface area contributed by atoms with Crippen LogP contribution in [0.5, 0.6) is 0 Å². The molecule has 0 aliphatic carbocycles. The molecule has 0 spiro atoms. The topological polar surface area (TPSA) is 59.3 Å². The smallest absolute Gasteiger partial charge is 0.271 e. The van der Waals surface area contributed by atoms with Gasteiger partial charge >= 0.3 is 0 Å². The predicted octanol–water partition coefficient (Wildman–Crippen LogP) is 1.63. The van der Waals surface area contributed by atoms with Crippen molar-refractivity contribution in [2.24, 2.45) is 0 Å². The zero-order chi connectivity index (χ0) is 11.5. The van der Waals surface area contributed by atoms with Crippen LogP contribution in [0, 0.1) is 0 Å². The van der Waals surface area contributed by atoms with E-state index in [1.54, 1.807) is 23.0 Å². The van der Waals surface area contributed by atoms with Gasteiger partial charge in [-0.15, -0.1) is 0 Å². The molecule has 1 N–H and O–H groups in total. The lowest BCUT2D eigenvalue weighted by molar-refractivity contribution is 0.0948. The quantitative estimate of drug-likeness (QED) is 0.931. The number of amides is 1. The summed E-state index contributed by atoms with van der Waals surface area (Å²) in [6.07, 6.45) is 4.34. The summed E-state index contributed by atoms with van der Waals surface area (Å²) < 4.78 is 2.40. The molecular formula is C10H11BrN4O. The summed E-state index contributed by atoms with van der Waals surface area (Å²) in [6, 6.07) is 1.66. The Morgan fingerprint density at radius 3 is 3.19 bits per heavy atom. The largest absolute Gasteiger partial charge is 0.351 e. The van der Waals surface area contributed by atoms with Gasteiger partial charge in [0.2, 0.25) is 0 Å². The van der Waals surface area contributed by atoms with Gasteiger partial charge in [-0.1, -0.05) is 6.92 Å². The minimum Gasteiger partial charge on any atom is -0.351 e. The standard InChI is InChI=1S/C10H11BrN4O/c1-2-3-12-10(16)8-4-9-13-5-7(11)6-15(9)14-8/h4-6H,2-3H2,1H3,(H,12,16). The van der Waals surface area contributed by atoms with Crippen LogP contribution >= 0.6 is 15.9 Å². The van der Waals surface area contributed by atoms with Crippen LogP contribution < -0.4 is 5.32 Å². The first kappa shape index (κ1) is 11.1. The van der Waals surface area contributed by atoms with Gasteiger partial charge < -0.3 is 5.32 Å². The number of nitrogens with one attached hydrogen (secondary N) is 1. The summed E-state index contributed by atoms with van der Waals surface area (Å²) in [4.78, 5) is 15.8. The second kappa shape index (κ2) is 4.61. The maximum absolute atomic E-state index is 11.6. The molecule has 6 heteroatoms. The molecule has 0 saturated heterocycles. The van der Waals surface area contributed by atoms with E-state index in [4.69, 9.17) is 0 Å². The summed E-state index contributed by atoms with van der Waals surface area (Å²) in [5, 5.41) is 6.91. The first-order chi connectivity index (χ1) is 7.70. The van der Waals surface area contributed by atoms with Gasteiger partial charge in [-0.3, -0.25) is 4.79 Å². The molecule has 0 atom stereocenters. The zero-order valence-corrected chi connectivity index (χ0v) is 10.4. The third-order valence-corrected chi connectivity index (χ3v) is 2.46. The number of aromatic nitrogens is 3. The van der Waals surface area contributed by atoms with E-state index in [1.807, 2.05) is 6.92 Å². The lowest BCUT2D eigenvalue weighted by atomic mass is 10.4. The molecule has 0 saturated carbocycles. The van der Waals surface area contributed by atoms with Gasteiger partial charge in [-0.2, -0.15) is 5.10 Å². The predicted molar refractivity (Wildman–Crippen MR) is 63.3 cm³/mol. The summed E-state index contributed by atoms with van der Waals surface area (Å²) >= 11 is 3.30. The Hall–Kier alpha value is -1.43. The highest BCUT2D eigenvalue weighted by Gasteiger charge is 2.10. The fraction of sp³-hybridized carbons (Fsp3) is 0.300. The molecule has 0 radical (unpaired) electrons. The Balaban J connectivity index is 2.28. The molecule has 0 aliphatic heterocycles. The summed E-state index contributed by atoms with van der Waals surface area (Å²) in [7, 11) is 0. The van der Waals surface area contributed by atoms with Crippen LogP contribution in [-0.4, -0.2) is 27.0 Å². The summed E-state index contributed by atoms with van der Waals surface area (Å²) in [5.41, 5.74) is 1.05. The number of hydrogen-bond acceptors (Lipinski definition) is 3. The van der Waals surface area contributed by atoms with Crippen molar-refractivity contribution >= 4 is 27.5 Å². The highest BCUT2D eigenvalue weighted by atomic mass is 79.9. The molecule has 2 aromatic rings. The first-order valence-corrected chi connectivity index (χ1v) is 5.79. The number of halogens is 1. The van der Waals surface area contributed by atoms with Crippen LogP contribution in [0.1, 0.15) is 23.8 Å². The molecule has 0 unspecified atom stereocenters. The zero-order valence-electron chi connectivity index (χ0n) is 8.77. The summed E-state index contributed by atoms with van der Waals surface area (Å²) in [6.45, 7) is 2.66. The average Bonchev–Trinajstić information content (AvgIpc) is 2.68. The van der Waals surface area contributed by atoms with Crippen molar-refractivity contribution < 1.29 is 4.79 Å². The molecule has 0 fully saturated rings. The SMILES string of the molecule is CCCNC(=O)c1cc2ncc(Br)cn2n1. The number of nitrogens with zero attached hydrogens (tertiary/aromatic N) is 3. The Morgan fingerprint density at radius 1 is 1.62 bits per heavy atom. The third kappa shape index (κ3) is 2.21. The Morgan fingerprint density at radius 2 is 2.44 bits per heavy atom. The number of hydrogen-bond donors (Lipinski definition) is 1. The molecule has 0 aromatic carbocycles. The van der Waals surface area contributed by atoms with Crippen molar-refractivity contribution in [1.29, 1.82) is 0 Å². The molecule has 16 heavy (non-hydrogen) atoms. The molecule has 2 heterocycles. The van der Waals surface area contributed by atoms with Gasteiger partial charge in [0.05, 0.1) is 4.47 Å². The maximum atomic E-state index is 11.6. The van der Waals surface area contributed by atoms with E-state index in [9.17, 15) is 4.79 Å². The fourth-order valence-electron chi connectivity index (χ4n) is 1.29. The van der Waals surface area contributed by atoms with Crippen molar-refractivity contribution in [3.05, 3.63) is 28.6 Å². The van der Waals surface area contributed by atoms with Crippen molar-refractivity contribution in [1.82, 2.24) is 19.9 Å². The normalized spacial score (nSPS) is 10.6. The highest BCUT2D eigenvalue weighted by Crippen LogP contribution is 2.09. The van der Waals surface area contributed by atoms with E-state index in [-0.39, 0.29) is 5.91 Å². The Kier molecular flexibility index (Phi) is 3.19.